The van der Waals surface area contributed by atoms with E-state index < -0.39 is 36.6 Å². The molecule has 118 valence electrons. The minimum absolute atomic E-state index is 0.0240. The molecular formula is C11H11F5N2O3. The molecule has 0 amide bonds. The fraction of sp³-hybridized carbons (Fsp3) is 0.455. The van der Waals surface area contributed by atoms with Gasteiger partial charge in [0.2, 0.25) is 0 Å². The molecule has 10 heteroatoms. The summed E-state index contributed by atoms with van der Waals surface area (Å²) in [7, 11) is 1.07. The number of pyridine rings is 1. The number of nitrogens with zero attached hydrogens (tertiary/aromatic N) is 1. The predicted octanol–water partition coefficient (Wildman–Crippen LogP) is 2.09. The summed E-state index contributed by atoms with van der Waals surface area (Å²) in [5.74, 6) is -1.94. The lowest BCUT2D eigenvalue weighted by Crippen LogP contribution is -2.20. The molecule has 1 rings (SSSR count). The fourth-order valence-corrected chi connectivity index (χ4v) is 1.49. The van der Waals surface area contributed by atoms with E-state index in [2.05, 4.69) is 14.5 Å². The topological polar surface area (TPSA) is 74.4 Å². The predicted molar refractivity (Wildman–Crippen MR) is 59.5 cm³/mol. The van der Waals surface area contributed by atoms with Gasteiger partial charge in [0.25, 0.3) is 6.43 Å². The zero-order valence-corrected chi connectivity index (χ0v) is 10.7. The summed E-state index contributed by atoms with van der Waals surface area (Å²) >= 11 is 0. The van der Waals surface area contributed by atoms with Crippen molar-refractivity contribution in [2.24, 2.45) is 5.73 Å². The Morgan fingerprint density at radius 1 is 1.43 bits per heavy atom. The standard InChI is InChI=1S/C11H11F5N2O3/c1-20-8(19)3-6-5(4-17)2-7(21-11(14,15)16)9(18-6)10(12)13/h2,10H,3-4,17H2,1H3. The van der Waals surface area contributed by atoms with Crippen molar-refractivity contribution in [2.75, 3.05) is 7.11 Å². The molecule has 1 aromatic heterocycles. The fourth-order valence-electron chi connectivity index (χ4n) is 1.49. The molecular weight excluding hydrogens is 303 g/mol. The van der Waals surface area contributed by atoms with Gasteiger partial charge in [-0.15, -0.1) is 13.2 Å². The first-order valence-electron chi connectivity index (χ1n) is 5.51. The van der Waals surface area contributed by atoms with Gasteiger partial charge in [-0.3, -0.25) is 4.79 Å². The van der Waals surface area contributed by atoms with Crippen LogP contribution in [0, 0.1) is 0 Å². The number of esters is 1. The number of rotatable bonds is 5. The lowest BCUT2D eigenvalue weighted by Gasteiger charge is -2.15. The van der Waals surface area contributed by atoms with E-state index in [4.69, 9.17) is 5.73 Å². The second kappa shape index (κ2) is 6.66. The van der Waals surface area contributed by atoms with Gasteiger partial charge < -0.3 is 15.2 Å². The van der Waals surface area contributed by atoms with Crippen LogP contribution in [0.15, 0.2) is 6.07 Å². The lowest BCUT2D eigenvalue weighted by molar-refractivity contribution is -0.275. The number of nitrogens with two attached hydrogens (primary N) is 1. The molecule has 0 aliphatic heterocycles. The average molecular weight is 314 g/mol. The van der Waals surface area contributed by atoms with Gasteiger partial charge in [-0.05, 0) is 11.6 Å². The molecule has 0 spiro atoms. The Bertz CT molecular complexity index is 519. The summed E-state index contributed by atoms with van der Waals surface area (Å²) in [4.78, 5) is 14.5. The molecule has 0 radical (unpaired) electrons. The molecule has 0 aliphatic rings. The molecule has 0 saturated heterocycles. The van der Waals surface area contributed by atoms with Crippen LogP contribution in [0.4, 0.5) is 22.0 Å². The first-order valence-corrected chi connectivity index (χ1v) is 5.51. The second-order valence-corrected chi connectivity index (χ2v) is 3.78. The second-order valence-electron chi connectivity index (χ2n) is 3.78. The summed E-state index contributed by atoms with van der Waals surface area (Å²) in [6.07, 6.45) is -8.96. The van der Waals surface area contributed by atoms with Gasteiger partial charge in [0, 0.05) is 6.54 Å². The Kier molecular flexibility index (Phi) is 5.41. The number of ether oxygens (including phenoxy) is 2. The zero-order chi connectivity index (χ0) is 16.2. The van der Waals surface area contributed by atoms with Crippen molar-refractivity contribution in [1.29, 1.82) is 0 Å². The summed E-state index contributed by atoms with van der Waals surface area (Å²) in [6.45, 7) is -0.308. The van der Waals surface area contributed by atoms with Crippen molar-refractivity contribution in [1.82, 2.24) is 4.98 Å². The third kappa shape index (κ3) is 4.81. The van der Waals surface area contributed by atoms with Gasteiger partial charge in [0.05, 0.1) is 19.2 Å². The number of methoxy groups -OCH3 is 1. The third-order valence-electron chi connectivity index (χ3n) is 2.38. The Morgan fingerprint density at radius 3 is 2.48 bits per heavy atom. The summed E-state index contributed by atoms with van der Waals surface area (Å²) in [6, 6.07) is 0.695. The van der Waals surface area contributed by atoms with E-state index in [1.807, 2.05) is 0 Å². The van der Waals surface area contributed by atoms with Crippen LogP contribution in [0.2, 0.25) is 0 Å². The van der Waals surface area contributed by atoms with Crippen molar-refractivity contribution in [3.63, 3.8) is 0 Å². The van der Waals surface area contributed by atoms with Crippen molar-refractivity contribution in [3.8, 4) is 5.75 Å². The molecule has 0 fully saturated rings. The maximum atomic E-state index is 12.8. The molecule has 1 aromatic rings. The Hall–Kier alpha value is -1.97. The van der Waals surface area contributed by atoms with Crippen molar-refractivity contribution >= 4 is 5.97 Å². The Morgan fingerprint density at radius 2 is 2.05 bits per heavy atom. The van der Waals surface area contributed by atoms with Crippen LogP contribution in [0.25, 0.3) is 0 Å². The van der Waals surface area contributed by atoms with Crippen LogP contribution in [0.3, 0.4) is 0 Å². The smallest absolute Gasteiger partial charge is 0.469 e. The highest BCUT2D eigenvalue weighted by molar-refractivity contribution is 5.72. The van der Waals surface area contributed by atoms with Crippen LogP contribution >= 0.6 is 0 Å². The molecule has 21 heavy (non-hydrogen) atoms. The summed E-state index contributed by atoms with van der Waals surface area (Å²) in [5.41, 5.74) is 3.88. The Balaban J connectivity index is 3.30. The molecule has 0 unspecified atom stereocenters. The highest BCUT2D eigenvalue weighted by atomic mass is 19.4. The zero-order valence-electron chi connectivity index (χ0n) is 10.7. The number of halogens is 5. The average Bonchev–Trinajstić information content (AvgIpc) is 2.37. The minimum Gasteiger partial charge on any atom is -0.469 e. The normalized spacial score (nSPS) is 11.6. The molecule has 0 aliphatic carbocycles. The maximum Gasteiger partial charge on any atom is 0.573 e. The van der Waals surface area contributed by atoms with E-state index in [0.717, 1.165) is 7.11 Å². The number of carbonyl (C=O) groups is 1. The number of hydrogen-bond acceptors (Lipinski definition) is 5. The highest BCUT2D eigenvalue weighted by Gasteiger charge is 2.34. The van der Waals surface area contributed by atoms with Gasteiger partial charge in [0.1, 0.15) is 5.69 Å². The lowest BCUT2D eigenvalue weighted by atomic mass is 10.1. The largest absolute Gasteiger partial charge is 0.573 e. The van der Waals surface area contributed by atoms with Crippen LogP contribution in [-0.2, 0) is 22.5 Å². The van der Waals surface area contributed by atoms with Crippen LogP contribution in [0.1, 0.15) is 23.4 Å². The van der Waals surface area contributed by atoms with Crippen molar-refractivity contribution in [2.45, 2.75) is 25.8 Å². The van der Waals surface area contributed by atoms with Crippen LogP contribution in [-0.4, -0.2) is 24.4 Å². The van der Waals surface area contributed by atoms with E-state index in [1.165, 1.54) is 0 Å². The quantitative estimate of drug-likeness (QED) is 0.665. The molecule has 0 aromatic carbocycles. The summed E-state index contributed by atoms with van der Waals surface area (Å²) < 4.78 is 70.0. The number of alkyl halides is 5. The highest BCUT2D eigenvalue weighted by Crippen LogP contribution is 2.33. The van der Waals surface area contributed by atoms with Crippen molar-refractivity contribution < 1.29 is 36.2 Å². The number of carbonyl (C=O) groups excluding carboxylic acids is 1. The minimum atomic E-state index is -5.15. The van der Waals surface area contributed by atoms with E-state index in [0.29, 0.717) is 6.07 Å². The van der Waals surface area contributed by atoms with Crippen LogP contribution < -0.4 is 10.5 Å². The van der Waals surface area contributed by atoms with Gasteiger partial charge >= 0.3 is 12.3 Å². The van der Waals surface area contributed by atoms with Crippen LogP contribution in [0.5, 0.6) is 5.75 Å². The monoisotopic (exact) mass is 314 g/mol. The van der Waals surface area contributed by atoms with E-state index in [1.54, 1.807) is 0 Å². The molecule has 1 heterocycles. The van der Waals surface area contributed by atoms with E-state index in [-0.39, 0.29) is 17.8 Å². The molecule has 5 nitrogen and oxygen atoms in total. The number of hydrogen-bond donors (Lipinski definition) is 1. The molecule has 0 saturated carbocycles. The first kappa shape index (κ1) is 17.1. The molecule has 2 N–H and O–H groups in total. The SMILES string of the molecule is COC(=O)Cc1nc(C(F)F)c(OC(F)(F)F)cc1CN. The molecule has 0 bridgehead atoms. The third-order valence-corrected chi connectivity index (χ3v) is 2.38. The van der Waals surface area contributed by atoms with Gasteiger partial charge in [-0.1, -0.05) is 0 Å². The number of aromatic nitrogens is 1. The molecule has 0 atom stereocenters. The van der Waals surface area contributed by atoms with Gasteiger partial charge in [-0.2, -0.15) is 0 Å². The van der Waals surface area contributed by atoms with Gasteiger partial charge in [-0.25, -0.2) is 13.8 Å². The first-order chi connectivity index (χ1) is 9.67. The summed E-state index contributed by atoms with van der Waals surface area (Å²) in [5, 5.41) is 0. The van der Waals surface area contributed by atoms with Crippen molar-refractivity contribution in [3.05, 3.63) is 23.0 Å². The maximum absolute atomic E-state index is 12.8. The van der Waals surface area contributed by atoms with E-state index in [9.17, 15) is 26.7 Å². The Labute approximate surface area is 115 Å². The van der Waals surface area contributed by atoms with E-state index >= 15 is 0 Å². The van der Waals surface area contributed by atoms with Gasteiger partial charge in [0.15, 0.2) is 5.75 Å².